The van der Waals surface area contributed by atoms with Crippen LogP contribution in [0, 0.1) is 0 Å². The SMILES string of the molecule is CC(N)(c1ccccc1)c1cccc(C(F)(F)F)c1. The zero-order valence-corrected chi connectivity index (χ0v) is 10.4. The first-order chi connectivity index (χ1) is 8.82. The maximum absolute atomic E-state index is 12.7. The number of rotatable bonds is 2. The minimum absolute atomic E-state index is 0.438. The Hall–Kier alpha value is -1.81. The first-order valence-electron chi connectivity index (χ1n) is 5.84. The largest absolute Gasteiger partial charge is 0.416 e. The quantitative estimate of drug-likeness (QED) is 0.874. The van der Waals surface area contributed by atoms with E-state index in [1.807, 2.05) is 18.2 Å². The van der Waals surface area contributed by atoms with Crippen molar-refractivity contribution in [2.45, 2.75) is 18.6 Å². The highest BCUT2D eigenvalue weighted by atomic mass is 19.4. The molecule has 0 aliphatic rings. The molecule has 0 saturated heterocycles. The van der Waals surface area contributed by atoms with Crippen molar-refractivity contribution in [2.75, 3.05) is 0 Å². The van der Waals surface area contributed by atoms with E-state index in [0.717, 1.165) is 17.7 Å². The Morgan fingerprint density at radius 1 is 0.789 bits per heavy atom. The standard InChI is InChI=1S/C15H14F3N/c1-14(19,11-6-3-2-4-7-11)12-8-5-9-13(10-12)15(16,17)18/h2-10H,19H2,1H3. The zero-order chi connectivity index (χ0) is 14.1. The average molecular weight is 265 g/mol. The van der Waals surface area contributed by atoms with Crippen LogP contribution in [0.1, 0.15) is 23.6 Å². The van der Waals surface area contributed by atoms with Crippen LogP contribution in [0.3, 0.4) is 0 Å². The van der Waals surface area contributed by atoms with Crippen molar-refractivity contribution in [3.63, 3.8) is 0 Å². The van der Waals surface area contributed by atoms with Crippen LogP contribution in [0.15, 0.2) is 54.6 Å². The third-order valence-electron chi connectivity index (χ3n) is 3.16. The third kappa shape index (κ3) is 2.79. The third-order valence-corrected chi connectivity index (χ3v) is 3.16. The second-order valence-corrected chi connectivity index (χ2v) is 4.65. The van der Waals surface area contributed by atoms with Crippen LogP contribution in [-0.4, -0.2) is 0 Å². The molecule has 0 fully saturated rings. The first kappa shape index (κ1) is 13.6. The Kier molecular flexibility index (Phi) is 3.37. The summed E-state index contributed by atoms with van der Waals surface area (Å²) in [4.78, 5) is 0. The molecule has 100 valence electrons. The van der Waals surface area contributed by atoms with E-state index in [2.05, 4.69) is 0 Å². The fourth-order valence-electron chi connectivity index (χ4n) is 1.97. The van der Waals surface area contributed by atoms with Crippen LogP contribution < -0.4 is 5.73 Å². The van der Waals surface area contributed by atoms with Crippen LogP contribution in [0.4, 0.5) is 13.2 Å². The smallest absolute Gasteiger partial charge is 0.318 e. The maximum atomic E-state index is 12.7. The lowest BCUT2D eigenvalue weighted by Crippen LogP contribution is -2.34. The average Bonchev–Trinajstić information content (AvgIpc) is 2.39. The van der Waals surface area contributed by atoms with Crippen molar-refractivity contribution in [2.24, 2.45) is 5.73 Å². The van der Waals surface area contributed by atoms with Gasteiger partial charge in [0.05, 0.1) is 11.1 Å². The Balaban J connectivity index is 2.47. The van der Waals surface area contributed by atoms with Crippen molar-refractivity contribution >= 4 is 0 Å². The molecule has 0 amide bonds. The van der Waals surface area contributed by atoms with E-state index in [9.17, 15) is 13.2 Å². The van der Waals surface area contributed by atoms with Crippen LogP contribution in [0.2, 0.25) is 0 Å². The van der Waals surface area contributed by atoms with Gasteiger partial charge in [-0.25, -0.2) is 0 Å². The summed E-state index contributed by atoms with van der Waals surface area (Å²) in [6.07, 6.45) is -4.36. The minimum atomic E-state index is -4.36. The number of nitrogens with two attached hydrogens (primary N) is 1. The molecule has 0 spiro atoms. The molecule has 0 aliphatic carbocycles. The summed E-state index contributed by atoms with van der Waals surface area (Å²) in [5.41, 5.74) is 5.78. The van der Waals surface area contributed by atoms with Gasteiger partial charge in [0.2, 0.25) is 0 Å². The van der Waals surface area contributed by atoms with Crippen LogP contribution >= 0.6 is 0 Å². The summed E-state index contributed by atoms with van der Waals surface area (Å²) in [7, 11) is 0. The first-order valence-corrected chi connectivity index (χ1v) is 5.84. The van der Waals surface area contributed by atoms with Gasteiger partial charge < -0.3 is 5.73 Å². The summed E-state index contributed by atoms with van der Waals surface area (Å²) in [6.45, 7) is 1.71. The van der Waals surface area contributed by atoms with E-state index in [1.165, 1.54) is 6.07 Å². The fourth-order valence-corrected chi connectivity index (χ4v) is 1.97. The Morgan fingerprint density at radius 3 is 1.89 bits per heavy atom. The highest BCUT2D eigenvalue weighted by Gasteiger charge is 2.32. The monoisotopic (exact) mass is 265 g/mol. The molecular formula is C15H14F3N. The van der Waals surface area contributed by atoms with Crippen LogP contribution in [0.5, 0.6) is 0 Å². The van der Waals surface area contributed by atoms with Crippen molar-refractivity contribution in [3.05, 3.63) is 71.3 Å². The zero-order valence-electron chi connectivity index (χ0n) is 10.4. The highest BCUT2D eigenvalue weighted by Crippen LogP contribution is 2.33. The van der Waals surface area contributed by atoms with E-state index in [1.54, 1.807) is 25.1 Å². The molecule has 2 aromatic carbocycles. The maximum Gasteiger partial charge on any atom is 0.416 e. The van der Waals surface area contributed by atoms with Gasteiger partial charge in [0, 0.05) is 0 Å². The molecule has 2 rings (SSSR count). The predicted octanol–water partition coefficient (Wildman–Crippen LogP) is 3.93. The molecule has 0 aromatic heterocycles. The van der Waals surface area contributed by atoms with Gasteiger partial charge in [-0.15, -0.1) is 0 Å². The molecule has 0 saturated carbocycles. The summed E-state index contributed by atoms with van der Waals surface area (Å²) in [5.74, 6) is 0. The van der Waals surface area contributed by atoms with Crippen LogP contribution in [0.25, 0.3) is 0 Å². The molecule has 0 bridgehead atoms. The lowest BCUT2D eigenvalue weighted by Gasteiger charge is -2.26. The van der Waals surface area contributed by atoms with E-state index in [4.69, 9.17) is 5.73 Å². The van der Waals surface area contributed by atoms with Gasteiger partial charge in [-0.1, -0.05) is 42.5 Å². The molecule has 1 unspecified atom stereocenters. The molecule has 0 heterocycles. The van der Waals surface area contributed by atoms with E-state index in [-0.39, 0.29) is 0 Å². The van der Waals surface area contributed by atoms with Crippen molar-refractivity contribution < 1.29 is 13.2 Å². The molecule has 0 radical (unpaired) electrons. The summed E-state index contributed by atoms with van der Waals surface area (Å²) in [6, 6.07) is 14.2. The lowest BCUT2D eigenvalue weighted by molar-refractivity contribution is -0.137. The van der Waals surface area contributed by atoms with Gasteiger partial charge in [0.15, 0.2) is 0 Å². The van der Waals surface area contributed by atoms with Gasteiger partial charge >= 0.3 is 6.18 Å². The molecule has 1 nitrogen and oxygen atoms in total. The number of benzene rings is 2. The van der Waals surface area contributed by atoms with Gasteiger partial charge in [-0.3, -0.25) is 0 Å². The summed E-state index contributed by atoms with van der Waals surface area (Å²) < 4.78 is 38.2. The normalized spacial score (nSPS) is 15.0. The van der Waals surface area contributed by atoms with Crippen molar-refractivity contribution in [3.8, 4) is 0 Å². The van der Waals surface area contributed by atoms with Crippen LogP contribution in [-0.2, 0) is 11.7 Å². The Bertz CT molecular complexity index is 559. The number of alkyl halides is 3. The van der Waals surface area contributed by atoms with E-state index >= 15 is 0 Å². The number of hydrogen-bond donors (Lipinski definition) is 1. The number of hydrogen-bond acceptors (Lipinski definition) is 1. The molecule has 2 aromatic rings. The molecule has 1 atom stereocenters. The second-order valence-electron chi connectivity index (χ2n) is 4.65. The van der Waals surface area contributed by atoms with Gasteiger partial charge in [0.25, 0.3) is 0 Å². The van der Waals surface area contributed by atoms with Crippen molar-refractivity contribution in [1.82, 2.24) is 0 Å². The van der Waals surface area contributed by atoms with Gasteiger partial charge in [-0.2, -0.15) is 13.2 Å². The van der Waals surface area contributed by atoms with E-state index in [0.29, 0.717) is 5.56 Å². The highest BCUT2D eigenvalue weighted by molar-refractivity contribution is 5.39. The predicted molar refractivity (Wildman–Crippen MR) is 68.5 cm³/mol. The number of halogens is 3. The lowest BCUT2D eigenvalue weighted by atomic mass is 9.85. The molecule has 4 heteroatoms. The molecule has 2 N–H and O–H groups in total. The van der Waals surface area contributed by atoms with Gasteiger partial charge in [0.1, 0.15) is 0 Å². The second kappa shape index (κ2) is 4.70. The Labute approximate surface area is 109 Å². The summed E-state index contributed by atoms with van der Waals surface area (Å²) >= 11 is 0. The molecule has 19 heavy (non-hydrogen) atoms. The summed E-state index contributed by atoms with van der Waals surface area (Å²) in [5, 5.41) is 0. The topological polar surface area (TPSA) is 26.0 Å². The van der Waals surface area contributed by atoms with Crippen molar-refractivity contribution in [1.29, 1.82) is 0 Å². The van der Waals surface area contributed by atoms with Gasteiger partial charge in [-0.05, 0) is 30.2 Å². The molecular weight excluding hydrogens is 251 g/mol. The van der Waals surface area contributed by atoms with E-state index < -0.39 is 17.3 Å². The minimum Gasteiger partial charge on any atom is -0.318 e. The fraction of sp³-hybridized carbons (Fsp3) is 0.200. The molecule has 0 aliphatic heterocycles. The Morgan fingerprint density at radius 2 is 1.32 bits per heavy atom.